The molecule has 0 heterocycles. The van der Waals surface area contributed by atoms with Gasteiger partial charge in [0.15, 0.2) is 0 Å². The zero-order valence-electron chi connectivity index (χ0n) is 8.77. The first-order valence-corrected chi connectivity index (χ1v) is 5.26. The summed E-state index contributed by atoms with van der Waals surface area (Å²) < 4.78 is 5.60. The van der Waals surface area contributed by atoms with Crippen LogP contribution in [-0.2, 0) is 0 Å². The van der Waals surface area contributed by atoms with Crippen molar-refractivity contribution in [2.75, 3.05) is 0 Å². The first-order chi connectivity index (χ1) is 7.65. The summed E-state index contributed by atoms with van der Waals surface area (Å²) in [5.41, 5.74) is 0.784. The van der Waals surface area contributed by atoms with Crippen molar-refractivity contribution in [2.24, 2.45) is 0 Å². The largest absolute Gasteiger partial charge is 0.508 e. The highest BCUT2D eigenvalue weighted by Crippen LogP contribution is 2.27. The van der Waals surface area contributed by atoms with Crippen molar-refractivity contribution >= 4 is 11.6 Å². The quantitative estimate of drug-likeness (QED) is 0.846. The van der Waals surface area contributed by atoms with E-state index in [4.69, 9.17) is 16.3 Å². The van der Waals surface area contributed by atoms with Gasteiger partial charge in [-0.2, -0.15) is 0 Å². The van der Waals surface area contributed by atoms with E-state index in [-0.39, 0.29) is 5.75 Å². The van der Waals surface area contributed by atoms with Gasteiger partial charge in [-0.25, -0.2) is 0 Å². The summed E-state index contributed by atoms with van der Waals surface area (Å²) in [5.74, 6) is 1.68. The van der Waals surface area contributed by atoms with Gasteiger partial charge in [0.1, 0.15) is 17.2 Å². The molecular weight excluding hydrogens is 224 g/mol. The van der Waals surface area contributed by atoms with Gasteiger partial charge in [-0.05, 0) is 55.0 Å². The number of hydrogen-bond donors (Lipinski definition) is 1. The van der Waals surface area contributed by atoms with E-state index in [1.54, 1.807) is 42.5 Å². The van der Waals surface area contributed by atoms with Gasteiger partial charge in [0.25, 0.3) is 0 Å². The standard InChI is InChI=1S/C13H11ClO2/c1-9-8-12(6-7-13(9)15)16-11-4-2-10(14)3-5-11/h2-8,15H,1H3. The molecule has 16 heavy (non-hydrogen) atoms. The fourth-order valence-electron chi connectivity index (χ4n) is 1.33. The molecule has 0 aromatic heterocycles. The lowest BCUT2D eigenvalue weighted by Gasteiger charge is -2.07. The summed E-state index contributed by atoms with van der Waals surface area (Å²) in [6.07, 6.45) is 0. The zero-order chi connectivity index (χ0) is 11.5. The molecule has 0 bridgehead atoms. The van der Waals surface area contributed by atoms with Crippen molar-refractivity contribution in [2.45, 2.75) is 6.92 Å². The molecule has 0 radical (unpaired) electrons. The van der Waals surface area contributed by atoms with Crippen LogP contribution < -0.4 is 4.74 Å². The highest BCUT2D eigenvalue weighted by molar-refractivity contribution is 6.30. The van der Waals surface area contributed by atoms with Gasteiger partial charge < -0.3 is 9.84 Å². The normalized spacial score (nSPS) is 10.1. The molecule has 82 valence electrons. The number of aryl methyl sites for hydroxylation is 1. The van der Waals surface area contributed by atoms with Crippen molar-refractivity contribution in [3.8, 4) is 17.2 Å². The highest BCUT2D eigenvalue weighted by Gasteiger charge is 2.00. The average molecular weight is 235 g/mol. The lowest BCUT2D eigenvalue weighted by molar-refractivity contribution is 0.460. The molecule has 1 N–H and O–H groups in total. The maximum Gasteiger partial charge on any atom is 0.127 e. The Morgan fingerprint density at radius 2 is 1.62 bits per heavy atom. The van der Waals surface area contributed by atoms with E-state index in [0.717, 1.165) is 11.3 Å². The number of aromatic hydroxyl groups is 1. The molecule has 0 fully saturated rings. The fourth-order valence-corrected chi connectivity index (χ4v) is 1.46. The molecule has 0 spiro atoms. The van der Waals surface area contributed by atoms with Gasteiger partial charge in [-0.15, -0.1) is 0 Å². The molecule has 2 nitrogen and oxygen atoms in total. The van der Waals surface area contributed by atoms with Crippen LogP contribution in [0.1, 0.15) is 5.56 Å². The van der Waals surface area contributed by atoms with Crippen molar-refractivity contribution < 1.29 is 9.84 Å². The highest BCUT2D eigenvalue weighted by atomic mass is 35.5. The molecular formula is C13H11ClO2. The number of phenols is 1. The number of phenolic OH excluding ortho intramolecular Hbond substituents is 1. The van der Waals surface area contributed by atoms with Crippen LogP contribution in [-0.4, -0.2) is 5.11 Å². The number of benzene rings is 2. The van der Waals surface area contributed by atoms with E-state index < -0.39 is 0 Å². The van der Waals surface area contributed by atoms with Gasteiger partial charge >= 0.3 is 0 Å². The fraction of sp³-hybridized carbons (Fsp3) is 0.0769. The lowest BCUT2D eigenvalue weighted by Crippen LogP contribution is -1.84. The molecule has 3 heteroatoms. The summed E-state index contributed by atoms with van der Waals surface area (Å²) in [6.45, 7) is 1.82. The maximum absolute atomic E-state index is 9.37. The smallest absolute Gasteiger partial charge is 0.127 e. The van der Waals surface area contributed by atoms with Crippen LogP contribution in [0.4, 0.5) is 0 Å². The van der Waals surface area contributed by atoms with Crippen LogP contribution in [0.5, 0.6) is 17.2 Å². The molecule has 0 aliphatic heterocycles. The minimum atomic E-state index is 0.267. The Morgan fingerprint density at radius 3 is 2.25 bits per heavy atom. The Hall–Kier alpha value is -1.67. The minimum Gasteiger partial charge on any atom is -0.508 e. The predicted octanol–water partition coefficient (Wildman–Crippen LogP) is 4.15. The Labute approximate surface area is 99.1 Å². The van der Waals surface area contributed by atoms with Crippen LogP contribution in [0.3, 0.4) is 0 Å². The zero-order valence-corrected chi connectivity index (χ0v) is 9.53. The van der Waals surface area contributed by atoms with Crippen LogP contribution >= 0.6 is 11.6 Å². The monoisotopic (exact) mass is 234 g/mol. The van der Waals surface area contributed by atoms with Gasteiger partial charge in [-0.3, -0.25) is 0 Å². The summed E-state index contributed by atoms with van der Waals surface area (Å²) in [6, 6.07) is 12.2. The average Bonchev–Trinajstić information content (AvgIpc) is 2.27. The first-order valence-electron chi connectivity index (χ1n) is 4.88. The van der Waals surface area contributed by atoms with E-state index in [2.05, 4.69) is 0 Å². The van der Waals surface area contributed by atoms with E-state index >= 15 is 0 Å². The van der Waals surface area contributed by atoms with Crippen LogP contribution in [0.15, 0.2) is 42.5 Å². The molecule has 0 unspecified atom stereocenters. The second-order valence-corrected chi connectivity index (χ2v) is 3.94. The van der Waals surface area contributed by atoms with Crippen LogP contribution in [0, 0.1) is 6.92 Å². The third-order valence-corrected chi connectivity index (χ3v) is 2.47. The van der Waals surface area contributed by atoms with Gasteiger partial charge in [0, 0.05) is 5.02 Å². The summed E-state index contributed by atoms with van der Waals surface area (Å²) in [7, 11) is 0. The van der Waals surface area contributed by atoms with E-state index in [9.17, 15) is 5.11 Å². The Morgan fingerprint density at radius 1 is 1.00 bits per heavy atom. The molecule has 0 amide bonds. The molecule has 2 aromatic rings. The number of hydrogen-bond acceptors (Lipinski definition) is 2. The molecule has 0 atom stereocenters. The first kappa shape index (κ1) is 10.8. The molecule has 2 rings (SSSR count). The van der Waals surface area contributed by atoms with Gasteiger partial charge in [0.2, 0.25) is 0 Å². The van der Waals surface area contributed by atoms with Gasteiger partial charge in [0.05, 0.1) is 0 Å². The number of halogens is 1. The van der Waals surface area contributed by atoms with Crippen molar-refractivity contribution in [1.82, 2.24) is 0 Å². The van der Waals surface area contributed by atoms with E-state index in [0.29, 0.717) is 10.8 Å². The second kappa shape index (κ2) is 4.45. The Bertz CT molecular complexity index is 492. The SMILES string of the molecule is Cc1cc(Oc2ccc(Cl)cc2)ccc1O. The predicted molar refractivity (Wildman–Crippen MR) is 64.4 cm³/mol. The molecule has 0 aliphatic carbocycles. The maximum atomic E-state index is 9.37. The second-order valence-electron chi connectivity index (χ2n) is 3.50. The summed E-state index contributed by atoms with van der Waals surface area (Å²) >= 11 is 5.77. The molecule has 0 aliphatic rings. The van der Waals surface area contributed by atoms with Crippen molar-refractivity contribution in [3.05, 3.63) is 53.1 Å². The van der Waals surface area contributed by atoms with Crippen molar-refractivity contribution in [1.29, 1.82) is 0 Å². The van der Waals surface area contributed by atoms with E-state index in [1.807, 2.05) is 6.92 Å². The Kier molecular flexibility index (Phi) is 3.02. The third kappa shape index (κ3) is 2.47. The summed E-state index contributed by atoms with van der Waals surface area (Å²) in [5, 5.41) is 10.0. The third-order valence-electron chi connectivity index (χ3n) is 2.22. The molecule has 0 saturated carbocycles. The van der Waals surface area contributed by atoms with Crippen LogP contribution in [0.25, 0.3) is 0 Å². The Balaban J connectivity index is 2.20. The van der Waals surface area contributed by atoms with Gasteiger partial charge in [-0.1, -0.05) is 11.6 Å². The molecule has 0 saturated heterocycles. The summed E-state index contributed by atoms with van der Waals surface area (Å²) in [4.78, 5) is 0. The number of ether oxygens (including phenoxy) is 1. The minimum absolute atomic E-state index is 0.267. The molecule has 2 aromatic carbocycles. The number of rotatable bonds is 2. The lowest BCUT2D eigenvalue weighted by atomic mass is 10.2. The van der Waals surface area contributed by atoms with Crippen molar-refractivity contribution in [3.63, 3.8) is 0 Å². The van der Waals surface area contributed by atoms with E-state index in [1.165, 1.54) is 0 Å². The van der Waals surface area contributed by atoms with Crippen LogP contribution in [0.2, 0.25) is 5.02 Å². The topological polar surface area (TPSA) is 29.5 Å².